The number of benzene rings is 1. The number of hydrogen-bond acceptors (Lipinski definition) is 4. The van der Waals surface area contributed by atoms with Crippen molar-refractivity contribution in [2.24, 2.45) is 4.99 Å². The number of aliphatic hydroxyl groups is 1. The van der Waals surface area contributed by atoms with Crippen LogP contribution in [0.2, 0.25) is 0 Å². The van der Waals surface area contributed by atoms with E-state index in [-0.39, 0.29) is 6.54 Å². The van der Waals surface area contributed by atoms with E-state index in [9.17, 15) is 13.9 Å². The summed E-state index contributed by atoms with van der Waals surface area (Å²) in [5.74, 6) is 2.09. The van der Waals surface area contributed by atoms with Crippen molar-refractivity contribution in [1.82, 2.24) is 10.6 Å². The molecule has 28 heavy (non-hydrogen) atoms. The van der Waals surface area contributed by atoms with E-state index in [1.165, 1.54) is 0 Å². The smallest absolute Gasteiger partial charge is 0.272 e. The van der Waals surface area contributed by atoms with E-state index >= 15 is 0 Å². The summed E-state index contributed by atoms with van der Waals surface area (Å²) >= 11 is 0. The second-order valence-electron chi connectivity index (χ2n) is 6.58. The maximum atomic E-state index is 12.3. The average Bonchev–Trinajstić information content (AvgIpc) is 3.10. The van der Waals surface area contributed by atoms with Crippen LogP contribution in [0.3, 0.4) is 0 Å². The molecule has 0 amide bonds. The highest BCUT2D eigenvalue weighted by Crippen LogP contribution is 2.22. The number of rotatable bonds is 9. The molecule has 1 unspecified atom stereocenters. The highest BCUT2D eigenvalue weighted by atomic mass is 19.3. The first kappa shape index (κ1) is 21.7. The lowest BCUT2D eigenvalue weighted by molar-refractivity contribution is 0.0378. The third-order valence-corrected chi connectivity index (χ3v) is 3.91. The SMILES string of the molecule is CCNC(=NCc1cccc(OCC(F)F)c1)NCC(C)(O)c1ccc(C)o1. The van der Waals surface area contributed by atoms with Gasteiger partial charge < -0.3 is 24.9 Å². The molecule has 1 aromatic heterocycles. The molecule has 0 fully saturated rings. The second kappa shape index (κ2) is 10.1. The highest BCUT2D eigenvalue weighted by Gasteiger charge is 2.27. The number of furan rings is 1. The zero-order chi connectivity index (χ0) is 20.6. The van der Waals surface area contributed by atoms with Crippen molar-refractivity contribution in [3.8, 4) is 5.75 Å². The third-order valence-electron chi connectivity index (χ3n) is 3.91. The monoisotopic (exact) mass is 395 g/mol. The van der Waals surface area contributed by atoms with Gasteiger partial charge in [-0.15, -0.1) is 0 Å². The number of halogens is 2. The lowest BCUT2D eigenvalue weighted by Crippen LogP contribution is -2.44. The summed E-state index contributed by atoms with van der Waals surface area (Å²) in [7, 11) is 0. The fraction of sp³-hybridized carbons (Fsp3) is 0.450. The lowest BCUT2D eigenvalue weighted by atomic mass is 10.0. The summed E-state index contributed by atoms with van der Waals surface area (Å²) in [5.41, 5.74) is -0.384. The number of aliphatic imine (C=N–C) groups is 1. The normalized spacial score (nSPS) is 14.0. The summed E-state index contributed by atoms with van der Waals surface area (Å²) in [6, 6.07) is 10.4. The molecule has 0 spiro atoms. The average molecular weight is 395 g/mol. The molecule has 154 valence electrons. The maximum Gasteiger partial charge on any atom is 0.272 e. The lowest BCUT2D eigenvalue weighted by Gasteiger charge is -2.22. The molecule has 2 aromatic rings. The molecule has 1 aromatic carbocycles. The maximum absolute atomic E-state index is 12.3. The summed E-state index contributed by atoms with van der Waals surface area (Å²) < 4.78 is 35.1. The van der Waals surface area contributed by atoms with Gasteiger partial charge in [-0.1, -0.05) is 12.1 Å². The van der Waals surface area contributed by atoms with E-state index < -0.39 is 18.6 Å². The van der Waals surface area contributed by atoms with Crippen LogP contribution >= 0.6 is 0 Å². The van der Waals surface area contributed by atoms with Crippen LogP contribution in [0.1, 0.15) is 30.9 Å². The van der Waals surface area contributed by atoms with Gasteiger partial charge in [0.25, 0.3) is 6.43 Å². The van der Waals surface area contributed by atoms with E-state index in [0.717, 1.165) is 11.3 Å². The molecule has 0 saturated carbocycles. The van der Waals surface area contributed by atoms with Gasteiger partial charge in [-0.05, 0) is 50.6 Å². The van der Waals surface area contributed by atoms with Crippen molar-refractivity contribution in [2.75, 3.05) is 19.7 Å². The van der Waals surface area contributed by atoms with Crippen molar-refractivity contribution in [1.29, 1.82) is 0 Å². The molecular formula is C20H27F2N3O3. The minimum absolute atomic E-state index is 0.198. The van der Waals surface area contributed by atoms with Crippen LogP contribution in [-0.2, 0) is 12.1 Å². The van der Waals surface area contributed by atoms with Crippen molar-refractivity contribution in [3.63, 3.8) is 0 Å². The Bertz CT molecular complexity index is 776. The van der Waals surface area contributed by atoms with Gasteiger partial charge in [-0.2, -0.15) is 0 Å². The number of ether oxygens (including phenoxy) is 1. The first-order valence-corrected chi connectivity index (χ1v) is 9.11. The number of nitrogens with zero attached hydrogens (tertiary/aromatic N) is 1. The largest absolute Gasteiger partial charge is 0.488 e. The van der Waals surface area contributed by atoms with Crippen LogP contribution in [0.25, 0.3) is 0 Å². The van der Waals surface area contributed by atoms with Crippen molar-refractivity contribution < 1.29 is 23.0 Å². The predicted octanol–water partition coefficient (Wildman–Crippen LogP) is 3.19. The minimum atomic E-state index is -2.52. The van der Waals surface area contributed by atoms with E-state index in [2.05, 4.69) is 15.6 Å². The van der Waals surface area contributed by atoms with Crippen LogP contribution in [-0.4, -0.2) is 37.2 Å². The van der Waals surface area contributed by atoms with Crippen LogP contribution in [0, 0.1) is 6.92 Å². The van der Waals surface area contributed by atoms with Crippen LogP contribution in [0.15, 0.2) is 45.8 Å². The summed E-state index contributed by atoms with van der Waals surface area (Å²) in [5, 5.41) is 16.8. The summed E-state index contributed by atoms with van der Waals surface area (Å²) in [6.45, 7) is 5.93. The molecule has 8 heteroatoms. The number of nitrogens with one attached hydrogen (secondary N) is 2. The molecule has 0 radical (unpaired) electrons. The summed E-state index contributed by atoms with van der Waals surface area (Å²) in [6.07, 6.45) is -2.52. The molecule has 1 heterocycles. The molecule has 2 rings (SSSR count). The molecule has 0 aliphatic heterocycles. The van der Waals surface area contributed by atoms with Gasteiger partial charge in [-0.25, -0.2) is 13.8 Å². The van der Waals surface area contributed by atoms with Crippen molar-refractivity contribution in [3.05, 3.63) is 53.5 Å². The Kier molecular flexibility index (Phi) is 7.80. The molecule has 0 bridgehead atoms. The molecule has 0 aliphatic carbocycles. The van der Waals surface area contributed by atoms with Gasteiger partial charge in [-0.3, -0.25) is 0 Å². The number of guanidine groups is 1. The molecular weight excluding hydrogens is 368 g/mol. The van der Waals surface area contributed by atoms with Gasteiger partial charge in [0.15, 0.2) is 5.96 Å². The molecule has 6 nitrogen and oxygen atoms in total. The molecule has 0 aliphatic rings. The molecule has 1 atom stereocenters. The number of hydrogen-bond donors (Lipinski definition) is 3. The van der Waals surface area contributed by atoms with E-state index in [1.807, 2.05) is 19.9 Å². The van der Waals surface area contributed by atoms with Crippen LogP contribution in [0.4, 0.5) is 8.78 Å². The molecule has 3 N–H and O–H groups in total. The van der Waals surface area contributed by atoms with Gasteiger partial charge in [0.2, 0.25) is 0 Å². The van der Waals surface area contributed by atoms with E-state index in [1.54, 1.807) is 37.3 Å². The minimum Gasteiger partial charge on any atom is -0.488 e. The van der Waals surface area contributed by atoms with Gasteiger partial charge in [0.1, 0.15) is 29.5 Å². The topological polar surface area (TPSA) is 79.0 Å². The first-order valence-electron chi connectivity index (χ1n) is 9.11. The predicted molar refractivity (Wildman–Crippen MR) is 104 cm³/mol. The van der Waals surface area contributed by atoms with Gasteiger partial charge in [0, 0.05) is 6.54 Å². The first-order chi connectivity index (χ1) is 13.3. The zero-order valence-electron chi connectivity index (χ0n) is 16.3. The Morgan fingerprint density at radius 3 is 2.71 bits per heavy atom. The zero-order valence-corrected chi connectivity index (χ0v) is 16.3. The van der Waals surface area contributed by atoms with Crippen molar-refractivity contribution >= 4 is 5.96 Å². The van der Waals surface area contributed by atoms with Crippen LogP contribution in [0.5, 0.6) is 5.75 Å². The number of aryl methyl sites for hydroxylation is 1. The Balaban J connectivity index is 1.99. The van der Waals surface area contributed by atoms with Crippen LogP contribution < -0.4 is 15.4 Å². The Hall–Kier alpha value is -2.61. The summed E-state index contributed by atoms with van der Waals surface area (Å²) in [4.78, 5) is 4.47. The quantitative estimate of drug-likeness (QED) is 0.449. The molecule has 0 saturated heterocycles. The highest BCUT2D eigenvalue weighted by molar-refractivity contribution is 5.79. The van der Waals surface area contributed by atoms with Crippen molar-refractivity contribution in [2.45, 2.75) is 39.3 Å². The van der Waals surface area contributed by atoms with E-state index in [4.69, 9.17) is 9.15 Å². The van der Waals surface area contributed by atoms with E-state index in [0.29, 0.717) is 30.6 Å². The fourth-order valence-electron chi connectivity index (χ4n) is 2.47. The third kappa shape index (κ3) is 6.84. The Labute approximate surface area is 163 Å². The Morgan fingerprint density at radius 2 is 2.07 bits per heavy atom. The number of alkyl halides is 2. The second-order valence-corrected chi connectivity index (χ2v) is 6.58. The fourth-order valence-corrected chi connectivity index (χ4v) is 2.47. The Morgan fingerprint density at radius 1 is 1.29 bits per heavy atom. The van der Waals surface area contributed by atoms with Gasteiger partial charge in [0.05, 0.1) is 13.1 Å². The van der Waals surface area contributed by atoms with Gasteiger partial charge >= 0.3 is 0 Å². The standard InChI is InChI=1S/C20H27F2N3O3/c1-4-23-19(25-13-20(3,26)17-9-8-14(2)28-17)24-11-15-6-5-7-16(10-15)27-12-18(21)22/h5-10,18,26H,4,11-13H2,1-3H3,(H2,23,24,25).